The van der Waals surface area contributed by atoms with Gasteiger partial charge < -0.3 is 24.5 Å². The number of aliphatic hydroxyl groups is 1. The van der Waals surface area contributed by atoms with Gasteiger partial charge in [0, 0.05) is 54.9 Å². The Bertz CT molecular complexity index is 1890. The molecule has 0 aliphatic carbocycles. The minimum atomic E-state index is -3.43. The van der Waals surface area contributed by atoms with Crippen LogP contribution < -0.4 is 0 Å². The maximum absolute atomic E-state index is 13.2. The molecule has 2 aliphatic heterocycles. The molecule has 0 bridgehead atoms. The van der Waals surface area contributed by atoms with E-state index >= 15 is 0 Å². The monoisotopic (exact) mass is 704 g/mol. The fourth-order valence-electron chi connectivity index (χ4n) is 6.32. The first kappa shape index (κ1) is 36.0. The van der Waals surface area contributed by atoms with Gasteiger partial charge >= 0.3 is 11.9 Å². The summed E-state index contributed by atoms with van der Waals surface area (Å²) < 4.78 is 35.1. The van der Waals surface area contributed by atoms with Crippen LogP contribution in [0, 0.1) is 20.8 Å². The van der Waals surface area contributed by atoms with Gasteiger partial charge in [0.1, 0.15) is 11.3 Å². The highest BCUT2D eigenvalue weighted by Gasteiger charge is 2.51. The predicted octanol–water partition coefficient (Wildman–Crippen LogP) is 6.08. The number of ether oxygens (including phenoxy) is 2. The third-order valence-electron chi connectivity index (χ3n) is 8.90. The fourth-order valence-corrected chi connectivity index (χ4v) is 7.26. The van der Waals surface area contributed by atoms with Crippen molar-refractivity contribution in [2.75, 3.05) is 26.0 Å². The zero-order valence-corrected chi connectivity index (χ0v) is 29.2. The molecule has 13 heteroatoms. The number of benzene rings is 2. The number of piperidine rings is 1. The topological polar surface area (TPSA) is 143 Å². The van der Waals surface area contributed by atoms with Crippen molar-refractivity contribution in [3.63, 3.8) is 0 Å². The first-order valence-electron chi connectivity index (χ1n) is 15.1. The Hall–Kier alpha value is -3.80. The van der Waals surface area contributed by atoms with Gasteiger partial charge in [0.15, 0.2) is 21.2 Å². The van der Waals surface area contributed by atoms with Crippen molar-refractivity contribution in [1.82, 2.24) is 9.88 Å². The molecular formula is C34H38Cl2N2O8S. The van der Waals surface area contributed by atoms with Crippen LogP contribution in [-0.2, 0) is 35.3 Å². The van der Waals surface area contributed by atoms with Crippen molar-refractivity contribution < 1.29 is 37.4 Å². The van der Waals surface area contributed by atoms with Crippen molar-refractivity contribution in [3.05, 3.63) is 80.8 Å². The van der Waals surface area contributed by atoms with Gasteiger partial charge in [0.25, 0.3) is 0 Å². The van der Waals surface area contributed by atoms with E-state index in [9.17, 15) is 27.9 Å². The molecule has 3 aromatic rings. The average molecular weight is 706 g/mol. The van der Waals surface area contributed by atoms with E-state index in [2.05, 4.69) is 4.98 Å². The summed E-state index contributed by atoms with van der Waals surface area (Å²) in [5, 5.41) is 11.7. The fraction of sp³-hybridized carbons (Fsp3) is 0.382. The van der Waals surface area contributed by atoms with Gasteiger partial charge in [0.05, 0.1) is 11.5 Å². The molecule has 0 saturated carbocycles. The standard InChI is InChI=1S/C34H37ClN2O8S.ClH/c1-6-44-33(41)30-20(3)24(21(4)36-30)10-11-28(38)37-14-12-34(13-15-37)31(39)29(32(40)45-34)25-18-27(35)26(16-19(25)2)22-8-7-9-23(17-22)46(5,42)43;/h7-9,16-18,36,39H,6,10-15H2,1-5H3;1H. The lowest BCUT2D eigenvalue weighted by atomic mass is 9.86. The van der Waals surface area contributed by atoms with Gasteiger partial charge in [-0.3, -0.25) is 4.79 Å². The molecule has 10 nitrogen and oxygen atoms in total. The summed E-state index contributed by atoms with van der Waals surface area (Å²) in [6, 6.07) is 9.78. The van der Waals surface area contributed by atoms with Crippen LogP contribution in [0.25, 0.3) is 16.7 Å². The molecule has 0 atom stereocenters. The smallest absolute Gasteiger partial charge is 0.355 e. The zero-order chi connectivity index (χ0) is 33.6. The van der Waals surface area contributed by atoms with Crippen molar-refractivity contribution in [1.29, 1.82) is 0 Å². The van der Waals surface area contributed by atoms with Crippen LogP contribution in [0.1, 0.15) is 64.6 Å². The van der Waals surface area contributed by atoms with Crippen LogP contribution in [0.15, 0.2) is 47.1 Å². The summed E-state index contributed by atoms with van der Waals surface area (Å²) in [6.07, 6.45) is 2.29. The Morgan fingerprint density at radius 3 is 2.43 bits per heavy atom. The van der Waals surface area contributed by atoms with Crippen LogP contribution in [0.3, 0.4) is 0 Å². The number of carbonyl (C=O) groups excluding carboxylic acids is 3. The molecule has 252 valence electrons. The van der Waals surface area contributed by atoms with E-state index in [4.69, 9.17) is 21.1 Å². The average Bonchev–Trinajstić information content (AvgIpc) is 3.42. The summed E-state index contributed by atoms with van der Waals surface area (Å²) in [7, 11) is -3.43. The highest BCUT2D eigenvalue weighted by atomic mass is 35.5. The number of nitrogens with zero attached hydrogens (tertiary/aromatic N) is 1. The van der Waals surface area contributed by atoms with Crippen molar-refractivity contribution in [3.8, 4) is 11.1 Å². The number of aryl methyl sites for hydroxylation is 2. The van der Waals surface area contributed by atoms with Gasteiger partial charge in [-0.25, -0.2) is 18.0 Å². The summed E-state index contributed by atoms with van der Waals surface area (Å²) in [4.78, 5) is 43.5. The Morgan fingerprint density at radius 1 is 1.11 bits per heavy atom. The first-order valence-corrected chi connectivity index (χ1v) is 17.3. The minimum Gasteiger partial charge on any atom is -0.507 e. The van der Waals surface area contributed by atoms with E-state index in [1.165, 1.54) is 6.07 Å². The van der Waals surface area contributed by atoms with Gasteiger partial charge in [-0.05, 0) is 86.2 Å². The molecule has 1 spiro atoms. The third-order valence-corrected chi connectivity index (χ3v) is 10.3. The number of H-pyrrole nitrogens is 1. The molecule has 1 aromatic heterocycles. The van der Waals surface area contributed by atoms with Crippen LogP contribution in [0.4, 0.5) is 0 Å². The summed E-state index contributed by atoms with van der Waals surface area (Å²) >= 11 is 6.66. The number of hydrogen-bond donors (Lipinski definition) is 2. The Morgan fingerprint density at radius 2 is 1.79 bits per heavy atom. The van der Waals surface area contributed by atoms with Crippen molar-refractivity contribution in [2.24, 2.45) is 0 Å². The van der Waals surface area contributed by atoms with Gasteiger partial charge in [-0.1, -0.05) is 23.7 Å². The van der Waals surface area contributed by atoms with Crippen LogP contribution >= 0.6 is 24.0 Å². The van der Waals surface area contributed by atoms with E-state index in [-0.39, 0.29) is 78.5 Å². The molecule has 47 heavy (non-hydrogen) atoms. The molecule has 2 N–H and O–H groups in total. The molecular weight excluding hydrogens is 667 g/mol. The Labute approximate surface area is 285 Å². The zero-order valence-electron chi connectivity index (χ0n) is 26.9. The number of carbonyl (C=O) groups is 3. The SMILES string of the molecule is CCOC(=O)c1[nH]c(C)c(CCC(=O)N2CCC3(CC2)OC(=O)C(c2cc(Cl)c(-c4cccc(S(C)(=O)=O)c4)cc2C)=C3O)c1C.Cl. The van der Waals surface area contributed by atoms with Crippen LogP contribution in [0.5, 0.6) is 0 Å². The summed E-state index contributed by atoms with van der Waals surface area (Å²) in [6.45, 7) is 8.07. The summed E-state index contributed by atoms with van der Waals surface area (Å²) in [5.41, 5.74) is 3.94. The van der Waals surface area contributed by atoms with Gasteiger partial charge in [-0.2, -0.15) is 0 Å². The lowest BCUT2D eigenvalue weighted by Crippen LogP contribution is -2.48. The minimum absolute atomic E-state index is 0. The molecule has 0 unspecified atom stereocenters. The maximum Gasteiger partial charge on any atom is 0.355 e. The molecule has 0 radical (unpaired) electrons. The second kappa shape index (κ2) is 13.7. The number of halogens is 2. The van der Waals surface area contributed by atoms with Crippen LogP contribution in [-0.4, -0.2) is 72.8 Å². The highest BCUT2D eigenvalue weighted by Crippen LogP contribution is 2.45. The predicted molar refractivity (Wildman–Crippen MR) is 181 cm³/mol. The van der Waals surface area contributed by atoms with E-state index < -0.39 is 27.4 Å². The number of likely N-dealkylation sites (tertiary alicyclic amines) is 1. The molecule has 2 aromatic carbocycles. The number of aliphatic hydroxyl groups excluding tert-OH is 1. The number of aromatic amines is 1. The van der Waals surface area contributed by atoms with Gasteiger partial charge in [0.2, 0.25) is 5.91 Å². The Balaban J connectivity index is 0.00000500. The number of amides is 1. The molecule has 3 heterocycles. The second-order valence-electron chi connectivity index (χ2n) is 11.9. The third kappa shape index (κ3) is 6.93. The first-order chi connectivity index (χ1) is 21.7. The van der Waals surface area contributed by atoms with E-state index in [1.807, 2.05) is 13.8 Å². The molecule has 2 aliphatic rings. The van der Waals surface area contributed by atoms with E-state index in [0.717, 1.165) is 23.1 Å². The quantitative estimate of drug-likeness (QED) is 0.269. The number of nitrogens with one attached hydrogen (secondary N) is 1. The molecule has 5 rings (SSSR count). The summed E-state index contributed by atoms with van der Waals surface area (Å²) in [5.74, 6) is -1.34. The van der Waals surface area contributed by atoms with Gasteiger partial charge in [-0.15, -0.1) is 12.4 Å². The largest absolute Gasteiger partial charge is 0.507 e. The molecule has 1 fully saturated rings. The van der Waals surface area contributed by atoms with Crippen LogP contribution in [0.2, 0.25) is 5.02 Å². The lowest BCUT2D eigenvalue weighted by molar-refractivity contribution is -0.152. The Kier molecular flexibility index (Phi) is 10.5. The lowest BCUT2D eigenvalue weighted by Gasteiger charge is -2.38. The highest BCUT2D eigenvalue weighted by molar-refractivity contribution is 7.90. The molecule has 1 saturated heterocycles. The molecule has 1 amide bonds. The van der Waals surface area contributed by atoms with E-state index in [0.29, 0.717) is 34.4 Å². The number of sulfone groups is 1. The number of esters is 2. The maximum atomic E-state index is 13.2. The number of rotatable bonds is 8. The number of aromatic nitrogens is 1. The number of hydrogen-bond acceptors (Lipinski definition) is 8. The van der Waals surface area contributed by atoms with E-state index in [1.54, 1.807) is 49.1 Å². The second-order valence-corrected chi connectivity index (χ2v) is 14.3. The van der Waals surface area contributed by atoms with Crippen molar-refractivity contribution in [2.45, 2.75) is 63.9 Å². The normalized spacial score (nSPS) is 15.9. The van der Waals surface area contributed by atoms with Crippen molar-refractivity contribution >= 4 is 57.3 Å².